The maximum Gasteiger partial charge on any atom is 0.416 e. The predicted octanol–water partition coefficient (Wildman–Crippen LogP) is 8.26. The Hall–Kier alpha value is -4.25. The van der Waals surface area contributed by atoms with Crippen molar-refractivity contribution in [3.8, 4) is 22.9 Å². The molecule has 0 fully saturated rings. The van der Waals surface area contributed by atoms with Gasteiger partial charge in [-0.25, -0.2) is 15.0 Å². The highest BCUT2D eigenvalue weighted by Gasteiger charge is 2.31. The second-order valence-corrected chi connectivity index (χ2v) is 11.3. The van der Waals surface area contributed by atoms with E-state index in [1.807, 2.05) is 0 Å². The van der Waals surface area contributed by atoms with E-state index in [1.54, 1.807) is 18.2 Å². The third-order valence-electron chi connectivity index (χ3n) is 5.87. The molecule has 5 aromatic rings. The van der Waals surface area contributed by atoms with E-state index in [1.165, 1.54) is 36.7 Å². The molecule has 0 unspecified atom stereocenters. The monoisotopic (exact) mass is 725 g/mol. The van der Waals surface area contributed by atoms with Gasteiger partial charge in [0.05, 0.1) is 21.6 Å². The zero-order valence-corrected chi connectivity index (χ0v) is 24.6. The van der Waals surface area contributed by atoms with Gasteiger partial charge >= 0.3 is 10.1 Å². The van der Waals surface area contributed by atoms with Gasteiger partial charge in [0.1, 0.15) is 11.8 Å². The van der Waals surface area contributed by atoms with Crippen molar-refractivity contribution in [1.82, 2.24) is 15.0 Å². The van der Waals surface area contributed by atoms with Crippen LogP contribution in [0.4, 0.5) is 32.8 Å². The van der Waals surface area contributed by atoms with E-state index in [4.69, 9.17) is 4.74 Å². The molecule has 0 aliphatic carbocycles. The summed E-state index contributed by atoms with van der Waals surface area (Å²) in [5, 5.41) is 5.51. The van der Waals surface area contributed by atoms with Crippen LogP contribution in [0.5, 0.6) is 11.6 Å². The molecule has 2 amide bonds. The average Bonchev–Trinajstić information content (AvgIpc) is 3.35. The summed E-state index contributed by atoms with van der Waals surface area (Å²) in [5.41, 5.74) is -0.663. The number of hydrogen-bond donors (Lipinski definition) is 2. The van der Waals surface area contributed by atoms with Crippen molar-refractivity contribution in [3.63, 3.8) is 0 Å². The van der Waals surface area contributed by atoms with Crippen LogP contribution in [0.25, 0.3) is 21.5 Å². The van der Waals surface area contributed by atoms with E-state index in [-0.39, 0.29) is 34.3 Å². The van der Waals surface area contributed by atoms with E-state index >= 15 is 0 Å². The van der Waals surface area contributed by atoms with Crippen molar-refractivity contribution in [2.24, 2.45) is 0 Å². The van der Waals surface area contributed by atoms with Crippen molar-refractivity contribution in [3.05, 3.63) is 89.7 Å². The molecule has 8 nitrogen and oxygen atoms in total. The molecule has 0 bridgehead atoms. The van der Waals surface area contributed by atoms with Gasteiger partial charge in [-0.15, -0.1) is 0 Å². The molecule has 2 aromatic heterocycles. The third kappa shape index (κ3) is 7.05. The second-order valence-electron chi connectivity index (χ2n) is 8.93. The summed E-state index contributed by atoms with van der Waals surface area (Å²) >= 11 is 2.20. The number of aromatic nitrogens is 3. The minimum absolute atomic E-state index is 0.0647. The van der Waals surface area contributed by atoms with Gasteiger partial charge in [-0.05, 0) is 42.5 Å². The molecule has 0 saturated carbocycles. The number of halogens is 6. The molecule has 3 aromatic carbocycles. The Kier molecular flexibility index (Phi) is 8.29. The molecule has 220 valence electrons. The predicted molar refractivity (Wildman–Crippen MR) is 159 cm³/mol. The number of hydrogen-bond acceptors (Lipinski definition) is 7. The standard InChI is InChI=1S/C28H17F5IN5O3S/c1-14(40)37-26-39-24-21(3-2-4-22(24)43-26)42-23-12-19(35-13-36-23)18-10-9-17(28(32,33)34)11-20(18)38-25(41)15-5-7-16(8-6-15)27(29,30)31/h2-13H,1H3,(H,38,41)(H,37,39,40). The van der Waals surface area contributed by atoms with Crippen molar-refractivity contribution < 1.29 is 36.3 Å². The van der Waals surface area contributed by atoms with Crippen LogP contribution < -0.4 is 15.4 Å². The van der Waals surface area contributed by atoms with Crippen LogP contribution in [-0.2, 0) is 14.9 Å². The van der Waals surface area contributed by atoms with Crippen molar-refractivity contribution in [1.29, 1.82) is 0 Å². The average molecular weight is 725 g/mol. The molecule has 0 spiro atoms. The van der Waals surface area contributed by atoms with Crippen LogP contribution in [0.1, 0.15) is 28.4 Å². The zero-order valence-electron chi connectivity index (χ0n) is 21.7. The van der Waals surface area contributed by atoms with Crippen LogP contribution in [0, 0.1) is 0 Å². The molecular formula is C28H17F5IN5O3S. The minimum atomic E-state index is -4.59. The highest BCUT2D eigenvalue weighted by Crippen LogP contribution is 2.40. The van der Waals surface area contributed by atoms with Crippen molar-refractivity contribution >= 4 is 66.8 Å². The van der Waals surface area contributed by atoms with Gasteiger partial charge in [0.15, 0.2) is 10.9 Å². The molecule has 2 N–H and O–H groups in total. The molecule has 0 aliphatic heterocycles. The largest absolute Gasteiger partial charge is 0.437 e. The summed E-state index contributed by atoms with van der Waals surface area (Å²) in [6.45, 7) is 1.36. The maximum absolute atomic E-state index is 14.2. The Labute approximate surface area is 257 Å². The Morgan fingerprint density at radius 2 is 1.63 bits per heavy atom. The topological polar surface area (TPSA) is 106 Å². The number of thiazole rings is 1. The van der Waals surface area contributed by atoms with Crippen LogP contribution in [0.15, 0.2) is 73.1 Å². The normalized spacial score (nSPS) is 11.8. The third-order valence-corrected chi connectivity index (χ3v) is 7.43. The van der Waals surface area contributed by atoms with Gasteiger partial charge in [-0.1, -0.05) is 29.5 Å². The summed E-state index contributed by atoms with van der Waals surface area (Å²) in [7, 11) is 0. The lowest BCUT2D eigenvalue weighted by atomic mass is 10.0. The summed E-state index contributed by atoms with van der Waals surface area (Å²) < 4.78 is 70.6. The number of nitrogens with zero attached hydrogens (tertiary/aromatic N) is 3. The van der Waals surface area contributed by atoms with Gasteiger partial charge in [-0.3, -0.25) is 9.59 Å². The van der Waals surface area contributed by atoms with E-state index in [9.17, 15) is 31.5 Å². The van der Waals surface area contributed by atoms with Crippen LogP contribution in [0.3, 0.4) is 0 Å². The van der Waals surface area contributed by atoms with Gasteiger partial charge in [0.2, 0.25) is 11.8 Å². The molecule has 5 rings (SSSR count). The SMILES string of the molecule is CC(=O)Nc1nc2c(Oc3cc(-c4ccc(C(F)(F)I)cc4NC(=O)c4ccc(C(F)(F)F)cc4)ncn3)cccc2s1. The molecular weight excluding hydrogens is 708 g/mol. The number of nitrogens with one attached hydrogen (secondary N) is 2. The van der Waals surface area contributed by atoms with Gasteiger partial charge in [0, 0.05) is 52.3 Å². The van der Waals surface area contributed by atoms with E-state index in [2.05, 4.69) is 25.6 Å². The molecule has 15 heteroatoms. The first-order valence-electron chi connectivity index (χ1n) is 12.2. The van der Waals surface area contributed by atoms with Crippen molar-refractivity contribution in [2.75, 3.05) is 10.6 Å². The van der Waals surface area contributed by atoms with Gasteiger partial charge in [0.25, 0.3) is 5.91 Å². The minimum Gasteiger partial charge on any atom is -0.437 e. The number of carbonyl (C=O) groups is 2. The number of anilines is 2. The summed E-state index contributed by atoms with van der Waals surface area (Å²) in [5.74, 6) is -0.713. The van der Waals surface area contributed by atoms with Crippen molar-refractivity contribution in [2.45, 2.75) is 17.0 Å². The second kappa shape index (κ2) is 11.8. The van der Waals surface area contributed by atoms with Gasteiger partial charge in [-0.2, -0.15) is 22.0 Å². The molecule has 2 heterocycles. The fourth-order valence-electron chi connectivity index (χ4n) is 3.92. The van der Waals surface area contributed by atoms with Crippen LogP contribution >= 0.6 is 33.9 Å². The van der Waals surface area contributed by atoms with Crippen LogP contribution in [0.2, 0.25) is 0 Å². The Bertz CT molecular complexity index is 1840. The number of amides is 2. The zero-order chi connectivity index (χ0) is 30.9. The molecule has 0 radical (unpaired) electrons. The first-order valence-corrected chi connectivity index (χ1v) is 14.0. The lowest BCUT2D eigenvalue weighted by Crippen LogP contribution is -2.14. The number of rotatable bonds is 7. The highest BCUT2D eigenvalue weighted by molar-refractivity contribution is 14.1. The van der Waals surface area contributed by atoms with Gasteiger partial charge < -0.3 is 15.4 Å². The molecule has 0 aliphatic rings. The molecule has 0 saturated heterocycles. The summed E-state index contributed by atoms with van der Waals surface area (Å²) in [4.78, 5) is 37.1. The summed E-state index contributed by atoms with van der Waals surface area (Å²) in [6.07, 6.45) is -3.41. The molecule has 0 atom stereocenters. The fraction of sp³-hybridized carbons (Fsp3) is 0.107. The smallest absolute Gasteiger partial charge is 0.416 e. The number of carbonyl (C=O) groups excluding carboxylic acids is 2. The molecule has 43 heavy (non-hydrogen) atoms. The Morgan fingerprint density at radius 1 is 0.907 bits per heavy atom. The first-order chi connectivity index (χ1) is 20.3. The quantitative estimate of drug-likeness (QED) is 0.0995. The van der Waals surface area contributed by atoms with E-state index in [0.717, 1.165) is 63.7 Å². The Morgan fingerprint density at radius 3 is 2.30 bits per heavy atom. The number of benzene rings is 3. The lowest BCUT2D eigenvalue weighted by Gasteiger charge is -2.16. The number of fused-ring (bicyclic) bond motifs is 1. The number of ether oxygens (including phenoxy) is 1. The lowest BCUT2D eigenvalue weighted by molar-refractivity contribution is -0.137. The first kappa shape index (κ1) is 30.2. The fourth-order valence-corrected chi connectivity index (χ4v) is 5.18. The van der Waals surface area contributed by atoms with Crippen LogP contribution in [-0.4, -0.2) is 26.8 Å². The number of para-hydroxylation sites is 1. The highest BCUT2D eigenvalue weighted by atomic mass is 127. The van der Waals surface area contributed by atoms with E-state index in [0.29, 0.717) is 16.4 Å². The Balaban J connectivity index is 1.48. The number of alkyl halides is 6. The summed E-state index contributed by atoms with van der Waals surface area (Å²) in [6, 6.07) is 13.6. The van der Waals surface area contributed by atoms with E-state index < -0.39 is 27.1 Å². The maximum atomic E-state index is 14.2.